The zero-order chi connectivity index (χ0) is 13.5. The molecule has 1 amide bonds. The van der Waals surface area contributed by atoms with E-state index in [0.717, 1.165) is 18.5 Å². The highest BCUT2D eigenvalue weighted by atomic mass is 16.2. The first kappa shape index (κ1) is 13.2. The SMILES string of the molecule is CCCCN(C(=O)c1cnccn1)c1ccccc1. The van der Waals surface area contributed by atoms with E-state index in [0.29, 0.717) is 12.2 Å². The zero-order valence-corrected chi connectivity index (χ0v) is 11.0. The number of carbonyl (C=O) groups excluding carboxylic acids is 1. The van der Waals surface area contributed by atoms with Gasteiger partial charge in [-0.1, -0.05) is 31.5 Å². The van der Waals surface area contributed by atoms with Gasteiger partial charge in [0.05, 0.1) is 6.20 Å². The molecule has 0 spiro atoms. The molecule has 0 N–H and O–H groups in total. The molecule has 19 heavy (non-hydrogen) atoms. The van der Waals surface area contributed by atoms with Crippen LogP contribution in [0.25, 0.3) is 0 Å². The minimum atomic E-state index is -0.104. The molecule has 0 fully saturated rings. The summed E-state index contributed by atoms with van der Waals surface area (Å²) in [6, 6.07) is 9.67. The van der Waals surface area contributed by atoms with Crippen LogP contribution in [-0.2, 0) is 0 Å². The van der Waals surface area contributed by atoms with Crippen LogP contribution in [0.5, 0.6) is 0 Å². The van der Waals surface area contributed by atoms with E-state index >= 15 is 0 Å². The second-order valence-electron chi connectivity index (χ2n) is 4.24. The third-order valence-corrected chi connectivity index (χ3v) is 2.83. The molecule has 0 aliphatic carbocycles. The second-order valence-corrected chi connectivity index (χ2v) is 4.24. The predicted octanol–water partition coefficient (Wildman–Crippen LogP) is 2.92. The van der Waals surface area contributed by atoms with Crippen molar-refractivity contribution >= 4 is 11.6 Å². The van der Waals surface area contributed by atoms with E-state index in [2.05, 4.69) is 16.9 Å². The van der Waals surface area contributed by atoms with Crippen molar-refractivity contribution in [2.75, 3.05) is 11.4 Å². The van der Waals surface area contributed by atoms with Gasteiger partial charge in [0.15, 0.2) is 0 Å². The Labute approximate surface area is 113 Å². The zero-order valence-electron chi connectivity index (χ0n) is 11.0. The summed E-state index contributed by atoms with van der Waals surface area (Å²) < 4.78 is 0. The third kappa shape index (κ3) is 3.37. The number of hydrogen-bond donors (Lipinski definition) is 0. The smallest absolute Gasteiger partial charge is 0.278 e. The Morgan fingerprint density at radius 2 is 2.00 bits per heavy atom. The lowest BCUT2D eigenvalue weighted by Gasteiger charge is -2.22. The first-order chi connectivity index (χ1) is 9.33. The molecular weight excluding hydrogens is 238 g/mol. The van der Waals surface area contributed by atoms with E-state index < -0.39 is 0 Å². The maximum atomic E-state index is 12.5. The molecule has 1 aromatic carbocycles. The Kier molecular flexibility index (Phi) is 4.61. The number of benzene rings is 1. The molecule has 4 nitrogen and oxygen atoms in total. The van der Waals surface area contributed by atoms with Crippen LogP contribution < -0.4 is 4.90 Å². The first-order valence-corrected chi connectivity index (χ1v) is 6.46. The summed E-state index contributed by atoms with van der Waals surface area (Å²) in [6.45, 7) is 2.80. The molecule has 1 heterocycles. The molecule has 0 radical (unpaired) electrons. The van der Waals surface area contributed by atoms with Crippen LogP contribution in [0, 0.1) is 0 Å². The van der Waals surface area contributed by atoms with Gasteiger partial charge in [0.2, 0.25) is 0 Å². The van der Waals surface area contributed by atoms with E-state index in [4.69, 9.17) is 0 Å². The Morgan fingerprint density at radius 1 is 1.21 bits per heavy atom. The number of rotatable bonds is 5. The molecule has 0 unspecified atom stereocenters. The molecule has 1 aromatic heterocycles. The topological polar surface area (TPSA) is 46.1 Å². The molecule has 4 heteroatoms. The normalized spacial score (nSPS) is 10.2. The van der Waals surface area contributed by atoms with Crippen molar-refractivity contribution < 1.29 is 4.79 Å². The van der Waals surface area contributed by atoms with Crippen molar-refractivity contribution in [1.29, 1.82) is 0 Å². The van der Waals surface area contributed by atoms with Gasteiger partial charge < -0.3 is 4.90 Å². The van der Waals surface area contributed by atoms with Gasteiger partial charge in [-0.2, -0.15) is 0 Å². The monoisotopic (exact) mass is 255 g/mol. The van der Waals surface area contributed by atoms with Crippen LogP contribution in [0.4, 0.5) is 5.69 Å². The number of hydrogen-bond acceptors (Lipinski definition) is 3. The van der Waals surface area contributed by atoms with Crippen LogP contribution in [-0.4, -0.2) is 22.4 Å². The van der Waals surface area contributed by atoms with Crippen molar-refractivity contribution in [2.45, 2.75) is 19.8 Å². The number of amides is 1. The molecule has 0 bridgehead atoms. The van der Waals surface area contributed by atoms with Crippen molar-refractivity contribution in [3.05, 3.63) is 54.6 Å². The summed E-state index contributed by atoms with van der Waals surface area (Å²) in [5.41, 5.74) is 1.27. The Hall–Kier alpha value is -2.23. The lowest BCUT2D eigenvalue weighted by atomic mass is 10.2. The summed E-state index contributed by atoms with van der Waals surface area (Å²) in [7, 11) is 0. The average molecular weight is 255 g/mol. The number of para-hydroxylation sites is 1. The molecule has 0 saturated heterocycles. The number of nitrogens with zero attached hydrogens (tertiary/aromatic N) is 3. The van der Waals surface area contributed by atoms with E-state index in [1.54, 1.807) is 11.1 Å². The number of anilines is 1. The largest absolute Gasteiger partial charge is 0.307 e. The quantitative estimate of drug-likeness (QED) is 0.825. The standard InChI is InChI=1S/C15H17N3O/c1-2-3-11-18(13-7-5-4-6-8-13)15(19)14-12-16-9-10-17-14/h4-10,12H,2-3,11H2,1H3. The molecule has 2 rings (SSSR count). The molecule has 98 valence electrons. The van der Waals surface area contributed by atoms with E-state index in [1.165, 1.54) is 12.4 Å². The summed E-state index contributed by atoms with van der Waals surface area (Å²) in [5, 5.41) is 0. The summed E-state index contributed by atoms with van der Waals surface area (Å²) in [6.07, 6.45) is 6.61. The van der Waals surface area contributed by atoms with Crippen LogP contribution in [0.15, 0.2) is 48.9 Å². The Balaban J connectivity index is 2.25. The molecule has 0 aliphatic heterocycles. The molecule has 0 aliphatic rings. The fourth-order valence-electron chi connectivity index (χ4n) is 1.82. The van der Waals surface area contributed by atoms with Gasteiger partial charge in [-0.05, 0) is 18.6 Å². The predicted molar refractivity (Wildman–Crippen MR) is 75.1 cm³/mol. The molecule has 2 aromatic rings. The van der Waals surface area contributed by atoms with Gasteiger partial charge in [-0.15, -0.1) is 0 Å². The molecular formula is C15H17N3O. The number of unbranched alkanes of at least 4 members (excludes halogenated alkanes) is 1. The maximum Gasteiger partial charge on any atom is 0.278 e. The fraction of sp³-hybridized carbons (Fsp3) is 0.267. The summed E-state index contributed by atoms with van der Waals surface area (Å²) in [5.74, 6) is -0.104. The van der Waals surface area contributed by atoms with Crippen LogP contribution in [0.1, 0.15) is 30.3 Å². The number of aromatic nitrogens is 2. The van der Waals surface area contributed by atoms with Crippen molar-refractivity contribution in [3.63, 3.8) is 0 Å². The van der Waals surface area contributed by atoms with E-state index in [9.17, 15) is 4.79 Å². The minimum absolute atomic E-state index is 0.104. The highest BCUT2D eigenvalue weighted by molar-refractivity contribution is 6.04. The lowest BCUT2D eigenvalue weighted by Crippen LogP contribution is -2.32. The highest BCUT2D eigenvalue weighted by Crippen LogP contribution is 2.16. The third-order valence-electron chi connectivity index (χ3n) is 2.83. The summed E-state index contributed by atoms with van der Waals surface area (Å²) in [4.78, 5) is 22.3. The van der Waals surface area contributed by atoms with Crippen molar-refractivity contribution in [3.8, 4) is 0 Å². The molecule has 0 atom stereocenters. The summed E-state index contributed by atoms with van der Waals surface area (Å²) >= 11 is 0. The molecule has 0 saturated carbocycles. The van der Waals surface area contributed by atoms with Crippen LogP contribution >= 0.6 is 0 Å². The van der Waals surface area contributed by atoms with Crippen LogP contribution in [0.2, 0.25) is 0 Å². The average Bonchev–Trinajstić information content (AvgIpc) is 2.49. The van der Waals surface area contributed by atoms with Gasteiger partial charge in [-0.3, -0.25) is 9.78 Å². The Morgan fingerprint density at radius 3 is 2.63 bits per heavy atom. The van der Waals surface area contributed by atoms with E-state index in [-0.39, 0.29) is 5.91 Å². The van der Waals surface area contributed by atoms with Gasteiger partial charge in [-0.25, -0.2) is 4.98 Å². The Bertz CT molecular complexity index is 513. The van der Waals surface area contributed by atoms with E-state index in [1.807, 2.05) is 30.3 Å². The van der Waals surface area contributed by atoms with Gasteiger partial charge in [0.1, 0.15) is 5.69 Å². The van der Waals surface area contributed by atoms with Crippen molar-refractivity contribution in [1.82, 2.24) is 9.97 Å². The lowest BCUT2D eigenvalue weighted by molar-refractivity contribution is 0.0981. The van der Waals surface area contributed by atoms with Gasteiger partial charge >= 0.3 is 0 Å². The fourth-order valence-corrected chi connectivity index (χ4v) is 1.82. The first-order valence-electron chi connectivity index (χ1n) is 6.46. The second kappa shape index (κ2) is 6.64. The van der Waals surface area contributed by atoms with Gasteiger partial charge in [0, 0.05) is 24.6 Å². The maximum absolute atomic E-state index is 12.5. The highest BCUT2D eigenvalue weighted by Gasteiger charge is 2.18. The van der Waals surface area contributed by atoms with Crippen molar-refractivity contribution in [2.24, 2.45) is 0 Å². The minimum Gasteiger partial charge on any atom is -0.307 e. The van der Waals surface area contributed by atoms with Crippen LogP contribution in [0.3, 0.4) is 0 Å². The van der Waals surface area contributed by atoms with Gasteiger partial charge in [0.25, 0.3) is 5.91 Å². The number of carbonyl (C=O) groups is 1.